The van der Waals surface area contributed by atoms with Gasteiger partial charge in [0.1, 0.15) is 6.04 Å². The lowest BCUT2D eigenvalue weighted by atomic mass is 10.1. The molecule has 2 aliphatic heterocycles. The van der Waals surface area contributed by atoms with E-state index < -0.39 is 12.0 Å². The Bertz CT molecular complexity index is 1290. The molecule has 9 nitrogen and oxygen atoms in total. The van der Waals surface area contributed by atoms with Crippen LogP contribution >= 0.6 is 0 Å². The molecule has 0 bridgehead atoms. The number of hydrogen-bond acceptors (Lipinski definition) is 6. The summed E-state index contributed by atoms with van der Waals surface area (Å²) in [6.45, 7) is 3.45. The second-order valence-corrected chi connectivity index (χ2v) is 9.65. The van der Waals surface area contributed by atoms with E-state index in [9.17, 15) is 19.5 Å². The van der Waals surface area contributed by atoms with E-state index in [0.29, 0.717) is 43.9 Å². The van der Waals surface area contributed by atoms with Crippen molar-refractivity contribution in [2.75, 3.05) is 42.9 Å². The number of carbonyl (C=O) groups is 3. The van der Waals surface area contributed by atoms with Gasteiger partial charge in [-0.3, -0.25) is 19.4 Å². The largest absolute Gasteiger partial charge is 0.481 e. The topological polar surface area (TPSA) is 106 Å². The minimum Gasteiger partial charge on any atom is -0.481 e. The number of carboxylic acids is 1. The van der Waals surface area contributed by atoms with E-state index >= 15 is 0 Å². The van der Waals surface area contributed by atoms with Gasteiger partial charge in [-0.2, -0.15) is 0 Å². The lowest BCUT2D eigenvalue weighted by Crippen LogP contribution is -2.48. The number of aromatic nitrogens is 1. The summed E-state index contributed by atoms with van der Waals surface area (Å²) in [6, 6.07) is 18.3. The monoisotopic (exact) mass is 513 g/mol. The molecule has 3 heterocycles. The van der Waals surface area contributed by atoms with Crippen LogP contribution in [0.25, 0.3) is 0 Å². The van der Waals surface area contributed by atoms with Gasteiger partial charge in [-0.05, 0) is 47.9 Å². The number of amides is 2. The Labute approximate surface area is 221 Å². The number of carbonyl (C=O) groups excluding carboxylic acids is 2. The Hall–Kier alpha value is -4.40. The van der Waals surface area contributed by atoms with E-state index in [2.05, 4.69) is 15.2 Å². The first-order chi connectivity index (χ1) is 18.5. The molecule has 0 aliphatic carbocycles. The quantitative estimate of drug-likeness (QED) is 0.500. The molecule has 2 amide bonds. The van der Waals surface area contributed by atoms with E-state index in [-0.39, 0.29) is 18.2 Å². The summed E-state index contributed by atoms with van der Waals surface area (Å²) < 4.78 is 0. The van der Waals surface area contributed by atoms with Crippen LogP contribution in [0.2, 0.25) is 0 Å². The van der Waals surface area contributed by atoms with Crippen molar-refractivity contribution in [1.82, 2.24) is 14.8 Å². The van der Waals surface area contributed by atoms with E-state index in [1.54, 1.807) is 29.4 Å². The number of carboxylic acid groups (broad SMARTS) is 1. The first kappa shape index (κ1) is 25.3. The third-order valence-electron chi connectivity index (χ3n) is 7.14. The van der Waals surface area contributed by atoms with Crippen LogP contribution in [0, 0.1) is 0 Å². The maximum atomic E-state index is 13.4. The number of benzene rings is 2. The smallest absolute Gasteiger partial charge is 0.305 e. The molecule has 2 aliphatic rings. The van der Waals surface area contributed by atoms with Gasteiger partial charge in [0, 0.05) is 68.6 Å². The summed E-state index contributed by atoms with van der Waals surface area (Å²) in [5.41, 5.74) is 4.25. The zero-order chi connectivity index (χ0) is 26.5. The maximum Gasteiger partial charge on any atom is 0.305 e. The van der Waals surface area contributed by atoms with Crippen LogP contribution in [-0.4, -0.2) is 76.4 Å². The average molecular weight is 514 g/mol. The van der Waals surface area contributed by atoms with Gasteiger partial charge in [0.2, 0.25) is 5.91 Å². The molecule has 196 valence electrons. The standard InChI is InChI=1S/C29H31N5O4/c35-27(36)19-26-29(38)34(13-10-21-4-2-1-3-5-21)20-23-18-22(6-7-25(23)31-26)28(37)33-16-14-32(15-17-33)24-8-11-30-12-9-24/h1-9,11-12,18,26,31H,10,13-17,19-20H2,(H,35,36). The highest BCUT2D eigenvalue weighted by atomic mass is 16.4. The maximum absolute atomic E-state index is 13.4. The second kappa shape index (κ2) is 11.3. The highest BCUT2D eigenvalue weighted by Crippen LogP contribution is 2.27. The summed E-state index contributed by atoms with van der Waals surface area (Å²) in [4.78, 5) is 48.1. The molecule has 1 fully saturated rings. The van der Waals surface area contributed by atoms with Gasteiger partial charge in [-0.25, -0.2) is 0 Å². The normalized spacial score (nSPS) is 17.4. The molecular formula is C29H31N5O4. The van der Waals surface area contributed by atoms with Gasteiger partial charge in [0.15, 0.2) is 0 Å². The molecule has 0 saturated carbocycles. The number of nitrogens with zero attached hydrogens (tertiary/aromatic N) is 4. The summed E-state index contributed by atoms with van der Waals surface area (Å²) >= 11 is 0. The minimum absolute atomic E-state index is 0.0457. The number of rotatable bonds is 7. The molecule has 5 rings (SSSR count). The highest BCUT2D eigenvalue weighted by Gasteiger charge is 2.31. The van der Waals surface area contributed by atoms with Crippen LogP contribution in [-0.2, 0) is 22.6 Å². The van der Waals surface area contributed by atoms with Crippen molar-refractivity contribution < 1.29 is 19.5 Å². The highest BCUT2D eigenvalue weighted by molar-refractivity contribution is 5.96. The van der Waals surface area contributed by atoms with Crippen molar-refractivity contribution >= 4 is 29.2 Å². The van der Waals surface area contributed by atoms with Crippen LogP contribution in [0.4, 0.5) is 11.4 Å². The number of piperazine rings is 1. The first-order valence-corrected chi connectivity index (χ1v) is 12.9. The number of nitrogens with one attached hydrogen (secondary N) is 1. The molecule has 1 saturated heterocycles. The summed E-state index contributed by atoms with van der Waals surface area (Å²) in [7, 11) is 0. The van der Waals surface area contributed by atoms with Crippen molar-refractivity contribution in [3.63, 3.8) is 0 Å². The van der Waals surface area contributed by atoms with Crippen LogP contribution in [0.3, 0.4) is 0 Å². The predicted octanol–water partition coefficient (Wildman–Crippen LogP) is 2.88. The van der Waals surface area contributed by atoms with Crippen LogP contribution in [0.15, 0.2) is 73.1 Å². The third-order valence-corrected chi connectivity index (χ3v) is 7.14. The van der Waals surface area contributed by atoms with E-state index in [0.717, 1.165) is 29.9 Å². The van der Waals surface area contributed by atoms with Crippen molar-refractivity contribution in [1.29, 1.82) is 0 Å². The molecule has 0 radical (unpaired) electrons. The molecule has 38 heavy (non-hydrogen) atoms. The molecule has 2 aromatic carbocycles. The predicted molar refractivity (Wildman–Crippen MR) is 144 cm³/mol. The number of aliphatic carboxylic acids is 1. The Morgan fingerprint density at radius 2 is 1.71 bits per heavy atom. The first-order valence-electron chi connectivity index (χ1n) is 12.9. The number of fused-ring (bicyclic) bond motifs is 1. The third kappa shape index (κ3) is 5.77. The van der Waals surface area contributed by atoms with E-state index in [1.165, 1.54) is 0 Å². The summed E-state index contributed by atoms with van der Waals surface area (Å²) in [5.74, 6) is -1.34. The number of pyridine rings is 1. The molecule has 1 unspecified atom stereocenters. The zero-order valence-electron chi connectivity index (χ0n) is 21.1. The fourth-order valence-electron chi connectivity index (χ4n) is 5.07. The molecule has 3 aromatic rings. The van der Waals surface area contributed by atoms with Gasteiger partial charge in [0.25, 0.3) is 5.91 Å². The molecule has 9 heteroatoms. The SMILES string of the molecule is O=C(O)CC1Nc2ccc(C(=O)N3CCN(c4ccncc4)CC3)cc2CN(CCc2ccccc2)C1=O. The lowest BCUT2D eigenvalue weighted by molar-refractivity contribution is -0.141. The fraction of sp³-hybridized carbons (Fsp3) is 0.310. The van der Waals surface area contributed by atoms with Gasteiger partial charge < -0.3 is 25.1 Å². The summed E-state index contributed by atoms with van der Waals surface area (Å²) in [5, 5.41) is 12.5. The zero-order valence-corrected chi connectivity index (χ0v) is 21.1. The van der Waals surface area contributed by atoms with Crippen molar-refractivity contribution in [3.8, 4) is 0 Å². The second-order valence-electron chi connectivity index (χ2n) is 9.65. The Morgan fingerprint density at radius 3 is 2.42 bits per heavy atom. The average Bonchev–Trinajstić information content (AvgIpc) is 3.08. The minimum atomic E-state index is -1.04. The van der Waals surface area contributed by atoms with Crippen LogP contribution < -0.4 is 10.2 Å². The van der Waals surface area contributed by atoms with Gasteiger partial charge in [-0.15, -0.1) is 0 Å². The van der Waals surface area contributed by atoms with Gasteiger partial charge >= 0.3 is 5.97 Å². The van der Waals surface area contributed by atoms with E-state index in [1.807, 2.05) is 53.4 Å². The molecular weight excluding hydrogens is 482 g/mol. The van der Waals surface area contributed by atoms with E-state index in [4.69, 9.17) is 0 Å². The van der Waals surface area contributed by atoms with Crippen LogP contribution in [0.1, 0.15) is 27.9 Å². The Morgan fingerprint density at radius 1 is 0.974 bits per heavy atom. The Kier molecular flexibility index (Phi) is 7.53. The van der Waals surface area contributed by atoms with Gasteiger partial charge in [-0.1, -0.05) is 30.3 Å². The number of hydrogen-bond donors (Lipinski definition) is 2. The van der Waals surface area contributed by atoms with Gasteiger partial charge in [0.05, 0.1) is 6.42 Å². The number of anilines is 2. The molecule has 1 aromatic heterocycles. The molecule has 2 N–H and O–H groups in total. The fourth-order valence-corrected chi connectivity index (χ4v) is 5.07. The van der Waals surface area contributed by atoms with Crippen LogP contribution in [0.5, 0.6) is 0 Å². The Balaban J connectivity index is 1.32. The van der Waals surface area contributed by atoms with Crippen molar-refractivity contribution in [3.05, 3.63) is 89.7 Å². The lowest BCUT2D eigenvalue weighted by Gasteiger charge is -2.36. The molecule has 1 atom stereocenters. The molecule has 0 spiro atoms. The van der Waals surface area contributed by atoms with Crippen molar-refractivity contribution in [2.24, 2.45) is 0 Å². The summed E-state index contributed by atoms with van der Waals surface area (Å²) in [6.07, 6.45) is 3.88. The van der Waals surface area contributed by atoms with Crippen molar-refractivity contribution in [2.45, 2.75) is 25.4 Å².